The van der Waals surface area contributed by atoms with Gasteiger partial charge in [0.1, 0.15) is 0 Å². The molecule has 0 bridgehead atoms. The fraction of sp³-hybridized carbons (Fsp3) is 0.500. The van der Waals surface area contributed by atoms with E-state index in [4.69, 9.17) is 9.47 Å². The smallest absolute Gasteiger partial charge is 0.306 e. The molecule has 0 aromatic heterocycles. The molecule has 1 aliphatic rings. The van der Waals surface area contributed by atoms with Gasteiger partial charge in [-0.1, -0.05) is 12.1 Å². The second-order valence-corrected chi connectivity index (χ2v) is 5.78. The van der Waals surface area contributed by atoms with Crippen LogP contribution in [0.3, 0.4) is 0 Å². The van der Waals surface area contributed by atoms with E-state index in [1.807, 2.05) is 19.9 Å². The highest BCUT2D eigenvalue weighted by Gasteiger charge is 2.27. The molecule has 5 nitrogen and oxygen atoms in total. The Morgan fingerprint density at radius 3 is 2.87 bits per heavy atom. The summed E-state index contributed by atoms with van der Waals surface area (Å²) in [6.07, 6.45) is 3.80. The van der Waals surface area contributed by atoms with Crippen molar-refractivity contribution in [2.24, 2.45) is 5.92 Å². The first-order valence-electron chi connectivity index (χ1n) is 7.95. The zero-order valence-electron chi connectivity index (χ0n) is 13.6. The number of carbonyl (C=O) groups excluding carboxylic acids is 1. The van der Waals surface area contributed by atoms with Crippen LogP contribution in [0.25, 0.3) is 0 Å². The SMILES string of the molecule is C/C=C1\C(CC(=O)OCCc2ccc(O)c(O)c2)CCO[C@H]1C. The van der Waals surface area contributed by atoms with Gasteiger partial charge in [-0.15, -0.1) is 0 Å². The minimum atomic E-state index is -0.216. The molecule has 1 heterocycles. The number of hydrogen-bond donors (Lipinski definition) is 2. The van der Waals surface area contributed by atoms with Crippen LogP contribution in [-0.4, -0.2) is 35.5 Å². The molecule has 1 fully saturated rings. The Hall–Kier alpha value is -2.01. The predicted octanol–water partition coefficient (Wildman–Crippen LogP) is 2.94. The molecule has 2 rings (SSSR count). The molecule has 126 valence electrons. The number of carbonyl (C=O) groups is 1. The van der Waals surface area contributed by atoms with E-state index in [0.717, 1.165) is 17.6 Å². The molecule has 5 heteroatoms. The molecule has 0 saturated carbocycles. The summed E-state index contributed by atoms with van der Waals surface area (Å²) in [4.78, 5) is 12.0. The summed E-state index contributed by atoms with van der Waals surface area (Å²) in [6.45, 7) is 4.90. The van der Waals surface area contributed by atoms with Crippen LogP contribution in [-0.2, 0) is 20.7 Å². The van der Waals surface area contributed by atoms with Gasteiger partial charge in [0.2, 0.25) is 0 Å². The standard InChI is InChI=1S/C18H24O5/c1-3-15-12(2)22-9-7-14(15)11-18(21)23-8-6-13-4-5-16(19)17(20)10-13/h3-5,10,12,14,19-20H,6-9,11H2,1-2H3/b15-3-/t12-,14?/m0/s1. The van der Waals surface area contributed by atoms with E-state index in [1.165, 1.54) is 12.1 Å². The van der Waals surface area contributed by atoms with Gasteiger partial charge in [0.25, 0.3) is 0 Å². The lowest BCUT2D eigenvalue weighted by atomic mass is 9.87. The monoisotopic (exact) mass is 320 g/mol. The molecule has 0 spiro atoms. The summed E-state index contributed by atoms with van der Waals surface area (Å²) in [5.74, 6) is -0.346. The van der Waals surface area contributed by atoms with Crippen molar-refractivity contribution >= 4 is 5.97 Å². The van der Waals surface area contributed by atoms with Gasteiger partial charge >= 0.3 is 5.97 Å². The van der Waals surface area contributed by atoms with E-state index >= 15 is 0 Å². The minimum absolute atomic E-state index is 0.0616. The summed E-state index contributed by atoms with van der Waals surface area (Å²) >= 11 is 0. The number of ether oxygens (including phenoxy) is 2. The lowest BCUT2D eigenvalue weighted by Crippen LogP contribution is -2.28. The Labute approximate surface area is 136 Å². The van der Waals surface area contributed by atoms with Crippen LogP contribution in [0.1, 0.15) is 32.3 Å². The van der Waals surface area contributed by atoms with Crippen molar-refractivity contribution in [1.82, 2.24) is 0 Å². The van der Waals surface area contributed by atoms with E-state index in [0.29, 0.717) is 19.4 Å². The van der Waals surface area contributed by atoms with E-state index in [-0.39, 0.29) is 36.1 Å². The maximum Gasteiger partial charge on any atom is 0.306 e. The molecule has 1 aliphatic heterocycles. The number of phenolic OH excluding ortho intramolecular Hbond substituents is 2. The third kappa shape index (κ3) is 4.73. The van der Waals surface area contributed by atoms with E-state index < -0.39 is 0 Å². The Bertz CT molecular complexity index is 579. The van der Waals surface area contributed by atoms with Gasteiger partial charge in [-0.2, -0.15) is 0 Å². The molecule has 1 unspecified atom stereocenters. The quantitative estimate of drug-likeness (QED) is 0.495. The van der Waals surface area contributed by atoms with Crippen molar-refractivity contribution in [3.05, 3.63) is 35.4 Å². The molecule has 2 atom stereocenters. The molecule has 2 N–H and O–H groups in total. The average molecular weight is 320 g/mol. The van der Waals surface area contributed by atoms with Crippen molar-refractivity contribution in [2.45, 2.75) is 39.2 Å². The van der Waals surface area contributed by atoms with Gasteiger partial charge in [-0.25, -0.2) is 0 Å². The zero-order chi connectivity index (χ0) is 16.8. The van der Waals surface area contributed by atoms with Crippen molar-refractivity contribution in [3.8, 4) is 11.5 Å². The molecular formula is C18H24O5. The largest absolute Gasteiger partial charge is 0.504 e. The van der Waals surface area contributed by atoms with Gasteiger partial charge < -0.3 is 19.7 Å². The van der Waals surface area contributed by atoms with E-state index in [1.54, 1.807) is 6.07 Å². The highest BCUT2D eigenvalue weighted by molar-refractivity contribution is 5.70. The first kappa shape index (κ1) is 17.3. The Morgan fingerprint density at radius 1 is 1.39 bits per heavy atom. The van der Waals surface area contributed by atoms with E-state index in [9.17, 15) is 15.0 Å². The van der Waals surface area contributed by atoms with Gasteiger partial charge in [0.05, 0.1) is 19.1 Å². The summed E-state index contributed by atoms with van der Waals surface area (Å²) < 4.78 is 10.9. The molecule has 23 heavy (non-hydrogen) atoms. The number of rotatable bonds is 5. The highest BCUT2D eigenvalue weighted by atomic mass is 16.5. The zero-order valence-corrected chi connectivity index (χ0v) is 13.6. The Kier molecular flexibility index (Phi) is 6.04. The van der Waals surface area contributed by atoms with Crippen LogP contribution in [0, 0.1) is 5.92 Å². The first-order valence-corrected chi connectivity index (χ1v) is 7.95. The maximum atomic E-state index is 12.0. The molecule has 0 amide bonds. The molecular weight excluding hydrogens is 296 g/mol. The average Bonchev–Trinajstić information content (AvgIpc) is 2.51. The number of esters is 1. The molecule has 1 aromatic carbocycles. The number of hydrogen-bond acceptors (Lipinski definition) is 5. The minimum Gasteiger partial charge on any atom is -0.504 e. The van der Waals surface area contributed by atoms with Gasteiger partial charge in [0.15, 0.2) is 11.5 Å². The van der Waals surface area contributed by atoms with Crippen LogP contribution in [0.15, 0.2) is 29.8 Å². The van der Waals surface area contributed by atoms with Crippen LogP contribution >= 0.6 is 0 Å². The van der Waals surface area contributed by atoms with Crippen LogP contribution in [0.2, 0.25) is 0 Å². The lowest BCUT2D eigenvalue weighted by molar-refractivity contribution is -0.144. The number of aromatic hydroxyl groups is 2. The normalized spacial score (nSPS) is 23.0. The summed E-state index contributed by atoms with van der Waals surface area (Å²) in [5.41, 5.74) is 1.97. The van der Waals surface area contributed by atoms with Crippen molar-refractivity contribution in [1.29, 1.82) is 0 Å². The fourth-order valence-corrected chi connectivity index (χ4v) is 2.94. The Morgan fingerprint density at radius 2 is 2.17 bits per heavy atom. The van der Waals surface area contributed by atoms with Crippen molar-refractivity contribution in [2.75, 3.05) is 13.2 Å². The summed E-state index contributed by atoms with van der Waals surface area (Å²) in [6, 6.07) is 4.59. The van der Waals surface area contributed by atoms with Crippen molar-refractivity contribution in [3.63, 3.8) is 0 Å². The summed E-state index contributed by atoms with van der Waals surface area (Å²) in [5, 5.41) is 18.7. The van der Waals surface area contributed by atoms with Crippen LogP contribution in [0.5, 0.6) is 11.5 Å². The van der Waals surface area contributed by atoms with Crippen molar-refractivity contribution < 1.29 is 24.5 Å². The highest BCUT2D eigenvalue weighted by Crippen LogP contribution is 2.29. The fourth-order valence-electron chi connectivity index (χ4n) is 2.94. The maximum absolute atomic E-state index is 12.0. The molecule has 1 saturated heterocycles. The first-order chi connectivity index (χ1) is 11.0. The predicted molar refractivity (Wildman–Crippen MR) is 86.3 cm³/mol. The second kappa shape index (κ2) is 8.02. The number of allylic oxidation sites excluding steroid dienone is 1. The molecule has 1 aromatic rings. The molecule has 0 aliphatic carbocycles. The number of phenols is 2. The van der Waals surface area contributed by atoms with Crippen LogP contribution in [0.4, 0.5) is 0 Å². The molecule has 0 radical (unpaired) electrons. The number of benzene rings is 1. The topological polar surface area (TPSA) is 76.0 Å². The second-order valence-electron chi connectivity index (χ2n) is 5.78. The van der Waals surface area contributed by atoms with Gasteiger partial charge in [0, 0.05) is 13.0 Å². The van der Waals surface area contributed by atoms with Gasteiger partial charge in [-0.3, -0.25) is 4.79 Å². The van der Waals surface area contributed by atoms with Crippen LogP contribution < -0.4 is 0 Å². The summed E-state index contributed by atoms with van der Waals surface area (Å²) in [7, 11) is 0. The van der Waals surface area contributed by atoms with Gasteiger partial charge in [-0.05, 0) is 49.5 Å². The third-order valence-electron chi connectivity index (χ3n) is 4.21. The Balaban J connectivity index is 1.79. The third-order valence-corrected chi connectivity index (χ3v) is 4.21. The van der Waals surface area contributed by atoms with E-state index in [2.05, 4.69) is 0 Å². The lowest BCUT2D eigenvalue weighted by Gasteiger charge is -2.30.